The third-order valence-electron chi connectivity index (χ3n) is 3.94. The van der Waals surface area contributed by atoms with Crippen LogP contribution in [-0.2, 0) is 6.61 Å². The van der Waals surface area contributed by atoms with Crippen LogP contribution >= 0.6 is 0 Å². The molecule has 3 rings (SSSR count). The molecule has 0 atom stereocenters. The molecular weight excluding hydrogens is 329 g/mol. The van der Waals surface area contributed by atoms with Crippen molar-refractivity contribution < 1.29 is 13.9 Å². The number of nitrogens with zero attached hydrogens (tertiary/aromatic N) is 1. The highest BCUT2D eigenvalue weighted by Crippen LogP contribution is 2.29. The highest BCUT2D eigenvalue weighted by atomic mass is 19.1. The lowest BCUT2D eigenvalue weighted by atomic mass is 10.2. The van der Waals surface area contributed by atoms with Crippen LogP contribution in [0.1, 0.15) is 16.7 Å². The number of para-hydroxylation sites is 1. The van der Waals surface area contributed by atoms with Gasteiger partial charge in [0.2, 0.25) is 0 Å². The molecule has 0 aromatic heterocycles. The van der Waals surface area contributed by atoms with Gasteiger partial charge in [-0.2, -0.15) is 0 Å². The van der Waals surface area contributed by atoms with E-state index in [9.17, 15) is 4.39 Å². The second kappa shape index (κ2) is 8.30. The fourth-order valence-electron chi connectivity index (χ4n) is 2.52. The second-order valence-electron chi connectivity index (χ2n) is 5.87. The third kappa shape index (κ3) is 4.48. The van der Waals surface area contributed by atoms with Gasteiger partial charge in [0.1, 0.15) is 12.4 Å². The van der Waals surface area contributed by atoms with E-state index in [0.717, 1.165) is 22.4 Å². The van der Waals surface area contributed by atoms with Gasteiger partial charge in [0.05, 0.1) is 12.8 Å². The molecule has 3 aromatic carbocycles. The number of aryl methyl sites for hydroxylation is 1. The van der Waals surface area contributed by atoms with Crippen LogP contribution < -0.4 is 9.47 Å². The highest BCUT2D eigenvalue weighted by molar-refractivity contribution is 5.83. The molecule has 0 N–H and O–H groups in total. The molecule has 0 saturated heterocycles. The minimum atomic E-state index is -0.277. The molecule has 0 aliphatic rings. The van der Waals surface area contributed by atoms with E-state index in [1.54, 1.807) is 19.4 Å². The predicted molar refractivity (Wildman–Crippen MR) is 102 cm³/mol. The van der Waals surface area contributed by atoms with Crippen LogP contribution in [0.5, 0.6) is 11.5 Å². The maximum absolute atomic E-state index is 13.2. The molecule has 26 heavy (non-hydrogen) atoms. The first-order valence-electron chi connectivity index (χ1n) is 8.30. The molecule has 0 aliphatic carbocycles. The largest absolute Gasteiger partial charge is 0.493 e. The van der Waals surface area contributed by atoms with Crippen molar-refractivity contribution in [3.63, 3.8) is 0 Å². The summed E-state index contributed by atoms with van der Waals surface area (Å²) in [5.41, 5.74) is 3.71. The lowest BCUT2D eigenvalue weighted by Gasteiger charge is -2.11. The summed E-state index contributed by atoms with van der Waals surface area (Å²) < 4.78 is 24.4. The Hall–Kier alpha value is -3.14. The Morgan fingerprint density at radius 2 is 1.81 bits per heavy atom. The maximum atomic E-state index is 13.2. The fourth-order valence-corrected chi connectivity index (χ4v) is 2.52. The topological polar surface area (TPSA) is 30.8 Å². The van der Waals surface area contributed by atoms with Gasteiger partial charge < -0.3 is 9.47 Å². The summed E-state index contributed by atoms with van der Waals surface area (Å²) in [6, 6.07) is 19.9. The Bertz CT molecular complexity index is 922. The van der Waals surface area contributed by atoms with Gasteiger partial charge in [-0.3, -0.25) is 4.99 Å². The smallest absolute Gasteiger partial charge is 0.161 e. The SMILES string of the molecule is COc1cc(C=Nc2ccccc2C)ccc1OCc1cccc(F)c1. The van der Waals surface area contributed by atoms with Crippen molar-refractivity contribution in [2.45, 2.75) is 13.5 Å². The van der Waals surface area contributed by atoms with Crippen LogP contribution in [0.4, 0.5) is 10.1 Å². The average Bonchev–Trinajstić information content (AvgIpc) is 2.66. The first kappa shape index (κ1) is 17.7. The average molecular weight is 349 g/mol. The molecule has 0 spiro atoms. The first-order valence-corrected chi connectivity index (χ1v) is 8.30. The van der Waals surface area contributed by atoms with E-state index in [-0.39, 0.29) is 12.4 Å². The molecule has 4 heteroatoms. The van der Waals surface area contributed by atoms with Crippen LogP contribution in [0.2, 0.25) is 0 Å². The Morgan fingerprint density at radius 1 is 0.962 bits per heavy atom. The van der Waals surface area contributed by atoms with Crippen LogP contribution in [0.3, 0.4) is 0 Å². The Balaban J connectivity index is 1.74. The van der Waals surface area contributed by atoms with Gasteiger partial charge in [0.15, 0.2) is 11.5 Å². The molecule has 0 heterocycles. The number of hydrogen-bond acceptors (Lipinski definition) is 3. The molecule has 0 radical (unpaired) electrons. The lowest BCUT2D eigenvalue weighted by Crippen LogP contribution is -1.98. The maximum Gasteiger partial charge on any atom is 0.161 e. The van der Waals surface area contributed by atoms with Gasteiger partial charge >= 0.3 is 0 Å². The molecule has 0 bridgehead atoms. The van der Waals surface area contributed by atoms with Gasteiger partial charge in [-0.1, -0.05) is 30.3 Å². The van der Waals surface area contributed by atoms with Gasteiger partial charge in [0.25, 0.3) is 0 Å². The summed E-state index contributed by atoms with van der Waals surface area (Å²) in [6.07, 6.45) is 1.79. The number of aliphatic imine (C=N–C) groups is 1. The zero-order chi connectivity index (χ0) is 18.4. The van der Waals surface area contributed by atoms with E-state index in [1.807, 2.05) is 55.5 Å². The normalized spacial score (nSPS) is 10.9. The first-order chi connectivity index (χ1) is 12.7. The molecule has 0 unspecified atom stereocenters. The summed E-state index contributed by atoms with van der Waals surface area (Å²) in [7, 11) is 1.59. The number of rotatable bonds is 6. The Labute approximate surface area is 152 Å². The van der Waals surface area contributed by atoms with Gasteiger partial charge in [-0.05, 0) is 60.0 Å². The van der Waals surface area contributed by atoms with Crippen LogP contribution in [0, 0.1) is 12.7 Å². The quantitative estimate of drug-likeness (QED) is 0.552. The lowest BCUT2D eigenvalue weighted by molar-refractivity contribution is 0.284. The number of halogens is 1. The Morgan fingerprint density at radius 3 is 2.58 bits per heavy atom. The van der Waals surface area contributed by atoms with Gasteiger partial charge in [-0.25, -0.2) is 4.39 Å². The van der Waals surface area contributed by atoms with Crippen molar-refractivity contribution in [1.82, 2.24) is 0 Å². The zero-order valence-electron chi connectivity index (χ0n) is 14.8. The Kier molecular flexibility index (Phi) is 5.64. The number of hydrogen-bond donors (Lipinski definition) is 0. The monoisotopic (exact) mass is 349 g/mol. The van der Waals surface area contributed by atoms with E-state index >= 15 is 0 Å². The van der Waals surface area contributed by atoms with E-state index in [2.05, 4.69) is 4.99 Å². The van der Waals surface area contributed by atoms with E-state index in [4.69, 9.17) is 9.47 Å². The number of ether oxygens (including phenoxy) is 2. The molecule has 0 saturated carbocycles. The van der Waals surface area contributed by atoms with E-state index in [1.165, 1.54) is 12.1 Å². The fraction of sp³-hybridized carbons (Fsp3) is 0.136. The van der Waals surface area contributed by atoms with Crippen molar-refractivity contribution in [3.8, 4) is 11.5 Å². The predicted octanol–water partition coefficient (Wildman–Crippen LogP) is 5.47. The molecule has 132 valence electrons. The summed E-state index contributed by atoms with van der Waals surface area (Å²) in [5.74, 6) is 0.931. The molecule has 3 nitrogen and oxygen atoms in total. The van der Waals surface area contributed by atoms with E-state index < -0.39 is 0 Å². The summed E-state index contributed by atoms with van der Waals surface area (Å²) in [5, 5.41) is 0. The zero-order valence-corrected chi connectivity index (χ0v) is 14.8. The highest BCUT2D eigenvalue weighted by Gasteiger charge is 2.06. The molecular formula is C22H20FNO2. The van der Waals surface area contributed by atoms with Crippen LogP contribution in [0.25, 0.3) is 0 Å². The number of benzene rings is 3. The minimum Gasteiger partial charge on any atom is -0.493 e. The van der Waals surface area contributed by atoms with Gasteiger partial charge in [-0.15, -0.1) is 0 Å². The molecule has 0 amide bonds. The standard InChI is InChI=1S/C22H20FNO2/c1-16-6-3-4-9-20(16)24-14-17-10-11-21(22(13-17)25-2)26-15-18-7-5-8-19(23)12-18/h3-14H,15H2,1-2H3. The van der Waals surface area contributed by atoms with Crippen LogP contribution in [-0.4, -0.2) is 13.3 Å². The molecule has 3 aromatic rings. The van der Waals surface area contributed by atoms with E-state index in [0.29, 0.717) is 11.5 Å². The summed E-state index contributed by atoms with van der Waals surface area (Å²) >= 11 is 0. The van der Waals surface area contributed by atoms with Crippen molar-refractivity contribution in [3.05, 3.63) is 89.2 Å². The molecule has 0 fully saturated rings. The van der Waals surface area contributed by atoms with Crippen molar-refractivity contribution in [2.75, 3.05) is 7.11 Å². The second-order valence-corrected chi connectivity index (χ2v) is 5.87. The van der Waals surface area contributed by atoms with Crippen LogP contribution in [0.15, 0.2) is 71.7 Å². The van der Waals surface area contributed by atoms with Crippen molar-refractivity contribution in [2.24, 2.45) is 4.99 Å². The number of methoxy groups -OCH3 is 1. The third-order valence-corrected chi connectivity index (χ3v) is 3.94. The minimum absolute atomic E-state index is 0.269. The van der Waals surface area contributed by atoms with Crippen molar-refractivity contribution >= 4 is 11.9 Å². The summed E-state index contributed by atoms with van der Waals surface area (Å²) in [6.45, 7) is 2.29. The van der Waals surface area contributed by atoms with Crippen molar-refractivity contribution in [1.29, 1.82) is 0 Å². The summed E-state index contributed by atoms with van der Waals surface area (Å²) in [4.78, 5) is 4.52. The van der Waals surface area contributed by atoms with Gasteiger partial charge in [0, 0.05) is 6.21 Å². The molecule has 0 aliphatic heterocycles.